The van der Waals surface area contributed by atoms with E-state index in [0.29, 0.717) is 22.7 Å². The zero-order valence-electron chi connectivity index (χ0n) is 16.6. The average molecular weight is 419 g/mol. The molecule has 3 rings (SSSR count). The van der Waals surface area contributed by atoms with Gasteiger partial charge in [-0.3, -0.25) is 4.79 Å². The molecule has 0 unspecified atom stereocenters. The van der Waals surface area contributed by atoms with Crippen LogP contribution in [0, 0.1) is 5.92 Å². The van der Waals surface area contributed by atoms with E-state index < -0.39 is 17.8 Å². The lowest BCUT2D eigenvalue weighted by Crippen LogP contribution is -2.37. The van der Waals surface area contributed by atoms with Crippen LogP contribution in [0.15, 0.2) is 48.5 Å². The van der Waals surface area contributed by atoms with Gasteiger partial charge in [0.2, 0.25) is 0 Å². The highest BCUT2D eigenvalue weighted by Crippen LogP contribution is 2.29. The van der Waals surface area contributed by atoms with Crippen molar-refractivity contribution in [3.63, 3.8) is 0 Å². The number of nitrogens with one attached hydrogen (secondary N) is 2. The van der Waals surface area contributed by atoms with Crippen molar-refractivity contribution in [3.8, 4) is 0 Å². The van der Waals surface area contributed by atoms with E-state index in [1.165, 1.54) is 12.1 Å². The van der Waals surface area contributed by atoms with E-state index in [9.17, 15) is 22.8 Å². The Hall–Kier alpha value is -3.03. The third-order valence-electron chi connectivity index (χ3n) is 5.17. The van der Waals surface area contributed by atoms with Gasteiger partial charge in [0, 0.05) is 30.9 Å². The van der Waals surface area contributed by atoms with Gasteiger partial charge in [0.15, 0.2) is 0 Å². The molecule has 0 radical (unpaired) electrons. The molecule has 3 amide bonds. The third-order valence-corrected chi connectivity index (χ3v) is 5.17. The van der Waals surface area contributed by atoms with Gasteiger partial charge in [-0.15, -0.1) is 0 Å². The van der Waals surface area contributed by atoms with Gasteiger partial charge in [-0.1, -0.05) is 19.1 Å². The zero-order chi connectivity index (χ0) is 21.7. The van der Waals surface area contributed by atoms with Crippen LogP contribution in [0.4, 0.5) is 23.7 Å². The summed E-state index contributed by atoms with van der Waals surface area (Å²) in [6.07, 6.45) is -2.43. The number of urea groups is 1. The SMILES string of the molecule is CC1CCN(C(=O)c2ccc(NC(=O)NCc3cccc(C(F)(F)F)c3)cc2)CC1. The first kappa shape index (κ1) is 21.7. The van der Waals surface area contributed by atoms with E-state index >= 15 is 0 Å². The number of rotatable bonds is 4. The largest absolute Gasteiger partial charge is 0.416 e. The normalized spacial score (nSPS) is 15.0. The molecule has 0 spiro atoms. The van der Waals surface area contributed by atoms with Crippen molar-refractivity contribution in [2.75, 3.05) is 18.4 Å². The number of hydrogen-bond acceptors (Lipinski definition) is 2. The highest BCUT2D eigenvalue weighted by Gasteiger charge is 2.30. The van der Waals surface area contributed by atoms with E-state index in [0.717, 1.165) is 38.1 Å². The second kappa shape index (κ2) is 9.19. The Labute approximate surface area is 173 Å². The molecule has 1 aliphatic heterocycles. The second-order valence-electron chi connectivity index (χ2n) is 7.56. The molecule has 0 bridgehead atoms. The fraction of sp³-hybridized carbons (Fsp3) is 0.364. The van der Waals surface area contributed by atoms with Crippen LogP contribution in [0.5, 0.6) is 0 Å². The summed E-state index contributed by atoms with van der Waals surface area (Å²) in [4.78, 5) is 26.4. The number of alkyl halides is 3. The standard InChI is InChI=1S/C22H24F3N3O2/c1-15-9-11-28(12-10-15)20(29)17-5-7-19(8-6-17)27-21(30)26-14-16-3-2-4-18(13-16)22(23,24)25/h2-8,13,15H,9-12,14H2,1H3,(H2,26,27,30). The van der Waals surface area contributed by atoms with Crippen LogP contribution < -0.4 is 10.6 Å². The summed E-state index contributed by atoms with van der Waals surface area (Å²) in [5.74, 6) is 0.609. The molecule has 0 aliphatic carbocycles. The number of nitrogens with zero attached hydrogens (tertiary/aromatic N) is 1. The van der Waals surface area contributed by atoms with E-state index in [1.54, 1.807) is 24.3 Å². The minimum atomic E-state index is -4.43. The molecule has 2 aromatic carbocycles. The summed E-state index contributed by atoms with van der Waals surface area (Å²) in [6, 6.07) is 10.8. The molecule has 5 nitrogen and oxygen atoms in total. The van der Waals surface area contributed by atoms with Crippen molar-refractivity contribution in [1.82, 2.24) is 10.2 Å². The van der Waals surface area contributed by atoms with Gasteiger partial charge in [0.1, 0.15) is 0 Å². The predicted octanol–water partition coefficient (Wildman–Crippen LogP) is 4.90. The summed E-state index contributed by atoms with van der Waals surface area (Å²) in [6.45, 7) is 3.63. The summed E-state index contributed by atoms with van der Waals surface area (Å²) >= 11 is 0. The predicted molar refractivity (Wildman–Crippen MR) is 108 cm³/mol. The zero-order valence-corrected chi connectivity index (χ0v) is 16.6. The van der Waals surface area contributed by atoms with Gasteiger partial charge in [-0.2, -0.15) is 13.2 Å². The van der Waals surface area contributed by atoms with E-state index in [1.807, 2.05) is 4.90 Å². The number of halogens is 3. The molecule has 160 valence electrons. The number of carbonyl (C=O) groups is 2. The lowest BCUT2D eigenvalue weighted by atomic mass is 9.98. The molecule has 1 aliphatic rings. The van der Waals surface area contributed by atoms with Crippen molar-refractivity contribution in [1.29, 1.82) is 0 Å². The van der Waals surface area contributed by atoms with E-state index in [4.69, 9.17) is 0 Å². The molecule has 2 N–H and O–H groups in total. The minimum absolute atomic E-state index is 0.0255. The molecule has 1 heterocycles. The molecule has 0 atom stereocenters. The van der Waals surface area contributed by atoms with E-state index in [-0.39, 0.29) is 12.5 Å². The van der Waals surface area contributed by atoms with Gasteiger partial charge in [-0.25, -0.2) is 4.79 Å². The number of anilines is 1. The number of carbonyl (C=O) groups excluding carboxylic acids is 2. The lowest BCUT2D eigenvalue weighted by Gasteiger charge is -2.30. The maximum Gasteiger partial charge on any atom is 0.416 e. The Morgan fingerprint density at radius 2 is 1.73 bits per heavy atom. The first-order chi connectivity index (χ1) is 14.2. The summed E-state index contributed by atoms with van der Waals surface area (Å²) in [5.41, 5.74) is 0.627. The summed E-state index contributed by atoms with van der Waals surface area (Å²) in [5, 5.41) is 5.14. The van der Waals surface area contributed by atoms with Crippen LogP contribution in [0.25, 0.3) is 0 Å². The molecular weight excluding hydrogens is 395 g/mol. The number of piperidine rings is 1. The first-order valence-corrected chi connectivity index (χ1v) is 9.82. The molecule has 8 heteroatoms. The maximum absolute atomic E-state index is 12.8. The third kappa shape index (κ3) is 5.75. The Kier molecular flexibility index (Phi) is 6.64. The molecule has 0 aromatic heterocycles. The van der Waals surface area contributed by atoms with Crippen LogP contribution in [-0.2, 0) is 12.7 Å². The molecule has 2 aromatic rings. The Morgan fingerprint density at radius 1 is 1.07 bits per heavy atom. The highest BCUT2D eigenvalue weighted by atomic mass is 19.4. The Bertz CT molecular complexity index is 889. The number of hydrogen-bond donors (Lipinski definition) is 2. The second-order valence-corrected chi connectivity index (χ2v) is 7.56. The van der Waals surface area contributed by atoms with Crippen molar-refractivity contribution in [2.45, 2.75) is 32.5 Å². The first-order valence-electron chi connectivity index (χ1n) is 9.82. The monoisotopic (exact) mass is 419 g/mol. The number of amides is 3. The van der Waals surface area contributed by atoms with Gasteiger partial charge >= 0.3 is 12.2 Å². The molecule has 1 saturated heterocycles. The molecule has 0 saturated carbocycles. The van der Waals surface area contributed by atoms with Crippen LogP contribution in [0.2, 0.25) is 0 Å². The van der Waals surface area contributed by atoms with Crippen LogP contribution in [0.1, 0.15) is 41.3 Å². The Morgan fingerprint density at radius 3 is 2.37 bits per heavy atom. The maximum atomic E-state index is 12.8. The minimum Gasteiger partial charge on any atom is -0.339 e. The highest BCUT2D eigenvalue weighted by molar-refractivity contribution is 5.95. The fourth-order valence-electron chi connectivity index (χ4n) is 3.31. The topological polar surface area (TPSA) is 61.4 Å². The van der Waals surface area contributed by atoms with Crippen molar-refractivity contribution in [2.24, 2.45) is 5.92 Å². The smallest absolute Gasteiger partial charge is 0.339 e. The number of benzene rings is 2. The van der Waals surface area contributed by atoms with Crippen molar-refractivity contribution in [3.05, 3.63) is 65.2 Å². The lowest BCUT2D eigenvalue weighted by molar-refractivity contribution is -0.137. The van der Waals surface area contributed by atoms with Gasteiger partial charge in [0.25, 0.3) is 5.91 Å². The van der Waals surface area contributed by atoms with Crippen molar-refractivity contribution >= 4 is 17.6 Å². The summed E-state index contributed by atoms with van der Waals surface area (Å²) < 4.78 is 38.3. The molecule has 30 heavy (non-hydrogen) atoms. The molecule has 1 fully saturated rings. The van der Waals surface area contributed by atoms with Crippen LogP contribution >= 0.6 is 0 Å². The van der Waals surface area contributed by atoms with Gasteiger partial charge in [-0.05, 0) is 60.7 Å². The van der Waals surface area contributed by atoms with Crippen LogP contribution in [0.3, 0.4) is 0 Å². The van der Waals surface area contributed by atoms with Gasteiger partial charge in [0.05, 0.1) is 5.56 Å². The van der Waals surface area contributed by atoms with Crippen LogP contribution in [-0.4, -0.2) is 29.9 Å². The number of likely N-dealkylation sites (tertiary alicyclic amines) is 1. The molecular formula is C22H24F3N3O2. The average Bonchev–Trinajstić information content (AvgIpc) is 2.72. The Balaban J connectivity index is 1.52. The van der Waals surface area contributed by atoms with Crippen molar-refractivity contribution < 1.29 is 22.8 Å². The summed E-state index contributed by atoms with van der Waals surface area (Å²) in [7, 11) is 0. The van der Waals surface area contributed by atoms with E-state index in [2.05, 4.69) is 17.6 Å². The van der Waals surface area contributed by atoms with Gasteiger partial charge < -0.3 is 15.5 Å². The fourth-order valence-corrected chi connectivity index (χ4v) is 3.31. The quantitative estimate of drug-likeness (QED) is 0.741.